The summed E-state index contributed by atoms with van der Waals surface area (Å²) in [4.78, 5) is 23.3. The number of rotatable bonds is 9. The third-order valence-corrected chi connectivity index (χ3v) is 6.73. The van der Waals surface area contributed by atoms with Gasteiger partial charge in [-0.25, -0.2) is 18.7 Å². The molecule has 35 heavy (non-hydrogen) atoms. The van der Waals surface area contributed by atoms with Gasteiger partial charge >= 0.3 is 0 Å². The monoisotopic (exact) mass is 503 g/mol. The highest BCUT2D eigenvalue weighted by atomic mass is 32.1. The van der Waals surface area contributed by atoms with Gasteiger partial charge in [0.1, 0.15) is 29.1 Å². The molecule has 4 rings (SSSR count). The first-order valence-electron chi connectivity index (χ1n) is 11.2. The second-order valence-electron chi connectivity index (χ2n) is 8.42. The smallest absolute Gasteiger partial charge is 0.251 e. The summed E-state index contributed by atoms with van der Waals surface area (Å²) in [5.41, 5.74) is 6.79. The van der Waals surface area contributed by atoms with Crippen LogP contribution in [0.2, 0.25) is 0 Å². The van der Waals surface area contributed by atoms with Crippen molar-refractivity contribution in [3.05, 3.63) is 59.3 Å². The molecule has 0 radical (unpaired) electrons. The van der Waals surface area contributed by atoms with Crippen LogP contribution < -0.4 is 11.1 Å². The Balaban J connectivity index is 1.56. The van der Waals surface area contributed by atoms with E-state index in [9.17, 15) is 18.7 Å². The Bertz CT molecular complexity index is 1190. The molecule has 1 saturated heterocycles. The Hall–Kier alpha value is -2.99. The molecule has 0 aliphatic carbocycles. The molecule has 1 aliphatic heterocycles. The number of nitrogens with one attached hydrogen (secondary N) is 1. The van der Waals surface area contributed by atoms with E-state index in [4.69, 9.17) is 10.5 Å². The standard InChI is InChI=1S/C24H27F2N5O3S/c1-14(32)8-15-2-3-17(19(26)9-15)20-10-18(23(27)33)24(35-20)30-21-4-5-28-22(29-21)12-31-6-7-34-13-16(31)11-25/h2-5,9-10,14,16,32H,6-8,11-13H2,1H3,(H2,27,33)(H,28,29,30). The van der Waals surface area contributed by atoms with Crippen molar-refractivity contribution in [2.24, 2.45) is 5.73 Å². The largest absolute Gasteiger partial charge is 0.393 e. The van der Waals surface area contributed by atoms with Crippen LogP contribution in [0.3, 0.4) is 0 Å². The fourth-order valence-corrected chi connectivity index (χ4v) is 5.01. The molecule has 2 unspecified atom stereocenters. The summed E-state index contributed by atoms with van der Waals surface area (Å²) in [7, 11) is 0. The minimum atomic E-state index is -0.658. The van der Waals surface area contributed by atoms with Gasteiger partial charge in [-0.1, -0.05) is 12.1 Å². The van der Waals surface area contributed by atoms with Crippen LogP contribution in [0.4, 0.5) is 19.6 Å². The third kappa shape index (κ3) is 6.17. The van der Waals surface area contributed by atoms with E-state index in [0.717, 1.165) is 0 Å². The first kappa shape index (κ1) is 25.1. The summed E-state index contributed by atoms with van der Waals surface area (Å²) in [6.45, 7) is 2.90. The number of ether oxygens (including phenoxy) is 1. The van der Waals surface area contributed by atoms with Crippen LogP contribution in [-0.2, 0) is 17.7 Å². The molecule has 3 aromatic rings. The number of alkyl halides is 1. The van der Waals surface area contributed by atoms with Crippen LogP contribution in [-0.4, -0.2) is 64.5 Å². The van der Waals surface area contributed by atoms with Crippen molar-refractivity contribution in [3.63, 3.8) is 0 Å². The van der Waals surface area contributed by atoms with Gasteiger partial charge in [-0.05, 0) is 37.1 Å². The molecule has 4 N–H and O–H groups in total. The molecule has 1 fully saturated rings. The van der Waals surface area contributed by atoms with E-state index in [1.54, 1.807) is 37.4 Å². The van der Waals surface area contributed by atoms with Crippen molar-refractivity contribution in [2.75, 3.05) is 31.7 Å². The molecule has 0 saturated carbocycles. The van der Waals surface area contributed by atoms with E-state index >= 15 is 0 Å². The average molecular weight is 504 g/mol. The number of nitrogens with zero attached hydrogens (tertiary/aromatic N) is 3. The number of nitrogens with two attached hydrogens (primary N) is 1. The lowest BCUT2D eigenvalue weighted by atomic mass is 10.0. The number of anilines is 2. The molecule has 2 aromatic heterocycles. The van der Waals surface area contributed by atoms with Crippen LogP contribution in [0.15, 0.2) is 36.5 Å². The normalized spacial score (nSPS) is 17.3. The zero-order valence-corrected chi connectivity index (χ0v) is 20.0. The molecule has 1 amide bonds. The van der Waals surface area contributed by atoms with Gasteiger partial charge < -0.3 is 20.9 Å². The highest BCUT2D eigenvalue weighted by Crippen LogP contribution is 2.38. The SMILES string of the molecule is CC(O)Cc1ccc(-c2cc(C(N)=O)c(Nc3ccnc(CN4CCOCC4CF)n3)s2)c(F)c1. The first-order valence-corrected chi connectivity index (χ1v) is 12.0. The fourth-order valence-electron chi connectivity index (χ4n) is 3.91. The molecule has 3 heterocycles. The summed E-state index contributed by atoms with van der Waals surface area (Å²) < 4.78 is 33.5. The lowest BCUT2D eigenvalue weighted by Crippen LogP contribution is -2.46. The number of thiophene rings is 1. The van der Waals surface area contributed by atoms with Gasteiger partial charge in [0.15, 0.2) is 0 Å². The van der Waals surface area contributed by atoms with Crippen LogP contribution in [0.1, 0.15) is 28.7 Å². The minimum Gasteiger partial charge on any atom is -0.393 e. The Morgan fingerprint density at radius 1 is 1.40 bits per heavy atom. The molecule has 1 aliphatic rings. The van der Waals surface area contributed by atoms with E-state index in [2.05, 4.69) is 15.3 Å². The third-order valence-electron chi connectivity index (χ3n) is 5.65. The number of hydrogen-bond donors (Lipinski definition) is 3. The van der Waals surface area contributed by atoms with Gasteiger partial charge in [-0.15, -0.1) is 11.3 Å². The molecule has 2 atom stereocenters. The van der Waals surface area contributed by atoms with Crippen LogP contribution in [0.25, 0.3) is 10.4 Å². The lowest BCUT2D eigenvalue weighted by molar-refractivity contribution is -0.0207. The number of aliphatic hydroxyl groups excluding tert-OH is 1. The number of hydrogen-bond acceptors (Lipinski definition) is 8. The maximum absolute atomic E-state index is 14.8. The number of primary amides is 1. The fraction of sp³-hybridized carbons (Fsp3) is 0.375. The number of amides is 1. The van der Waals surface area contributed by atoms with E-state index in [0.29, 0.717) is 65.4 Å². The molecule has 186 valence electrons. The van der Waals surface area contributed by atoms with Crippen molar-refractivity contribution in [1.29, 1.82) is 0 Å². The van der Waals surface area contributed by atoms with Gasteiger partial charge in [0, 0.05) is 23.2 Å². The number of halogens is 2. The van der Waals surface area contributed by atoms with E-state index < -0.39 is 24.5 Å². The summed E-state index contributed by atoms with van der Waals surface area (Å²) >= 11 is 1.18. The predicted octanol–water partition coefficient (Wildman–Crippen LogP) is 3.28. The number of benzene rings is 1. The van der Waals surface area contributed by atoms with Gasteiger partial charge in [-0.3, -0.25) is 9.69 Å². The lowest BCUT2D eigenvalue weighted by Gasteiger charge is -2.33. The molecular weight excluding hydrogens is 476 g/mol. The maximum Gasteiger partial charge on any atom is 0.251 e. The van der Waals surface area contributed by atoms with Crippen LogP contribution in [0.5, 0.6) is 0 Å². The summed E-state index contributed by atoms with van der Waals surface area (Å²) in [5, 5.41) is 13.1. The molecular formula is C24H27F2N5O3S. The number of carbonyl (C=O) groups excluding carboxylic acids is 1. The maximum atomic E-state index is 14.8. The van der Waals surface area contributed by atoms with Crippen molar-refractivity contribution < 1.29 is 23.4 Å². The Kier molecular flexibility index (Phi) is 8.01. The summed E-state index contributed by atoms with van der Waals surface area (Å²) in [6.07, 6.45) is 1.34. The second kappa shape index (κ2) is 11.2. The average Bonchev–Trinajstić information content (AvgIpc) is 3.23. The highest BCUT2D eigenvalue weighted by molar-refractivity contribution is 7.19. The van der Waals surface area contributed by atoms with Crippen LogP contribution in [0, 0.1) is 5.82 Å². The Morgan fingerprint density at radius 3 is 2.94 bits per heavy atom. The van der Waals surface area contributed by atoms with Gasteiger partial charge in [0.05, 0.1) is 37.5 Å². The number of aromatic nitrogens is 2. The molecule has 0 spiro atoms. The second-order valence-corrected chi connectivity index (χ2v) is 9.47. The Labute approximate surface area is 205 Å². The van der Waals surface area contributed by atoms with Gasteiger partial charge in [-0.2, -0.15) is 0 Å². The highest BCUT2D eigenvalue weighted by Gasteiger charge is 2.24. The summed E-state index contributed by atoms with van der Waals surface area (Å²) in [6, 6.07) is 7.60. The van der Waals surface area contributed by atoms with Crippen molar-refractivity contribution in [3.8, 4) is 10.4 Å². The molecule has 8 nitrogen and oxygen atoms in total. The van der Waals surface area contributed by atoms with Gasteiger partial charge in [0.2, 0.25) is 0 Å². The van der Waals surface area contributed by atoms with E-state index in [1.165, 1.54) is 17.4 Å². The Morgan fingerprint density at radius 2 is 2.23 bits per heavy atom. The number of morpholine rings is 1. The molecule has 0 bridgehead atoms. The zero-order chi connectivity index (χ0) is 24.9. The molecule has 11 heteroatoms. The summed E-state index contributed by atoms with van der Waals surface area (Å²) in [5.74, 6) is -0.185. The molecule has 1 aromatic carbocycles. The van der Waals surface area contributed by atoms with Crippen molar-refractivity contribution >= 4 is 28.1 Å². The van der Waals surface area contributed by atoms with Gasteiger partial charge in [0.25, 0.3) is 5.91 Å². The predicted molar refractivity (Wildman–Crippen MR) is 130 cm³/mol. The zero-order valence-electron chi connectivity index (χ0n) is 19.2. The topological polar surface area (TPSA) is 114 Å². The first-order chi connectivity index (χ1) is 16.8. The van der Waals surface area contributed by atoms with E-state index in [1.807, 2.05) is 4.90 Å². The number of aliphatic hydroxyl groups is 1. The van der Waals surface area contributed by atoms with E-state index in [-0.39, 0.29) is 11.6 Å². The van der Waals surface area contributed by atoms with Crippen molar-refractivity contribution in [1.82, 2.24) is 14.9 Å². The quantitative estimate of drug-likeness (QED) is 0.411. The number of carbonyl (C=O) groups is 1. The van der Waals surface area contributed by atoms with Crippen molar-refractivity contribution in [2.45, 2.75) is 32.0 Å². The van der Waals surface area contributed by atoms with Crippen LogP contribution >= 0.6 is 11.3 Å². The minimum absolute atomic E-state index is 0.211.